The fourth-order valence-electron chi connectivity index (χ4n) is 10.7. The van der Waals surface area contributed by atoms with Crippen molar-refractivity contribution in [2.45, 2.75) is 35.5 Å². The molecule has 0 radical (unpaired) electrons. The SMILES string of the molecule is COc1ccc([C@@H]2c3cc(OC)ccc3[C@@H]3c4c(OC)cc(OC)cc4[C@H]2c2c(OC)cc(OC)c4c2[C@@H]3[C@@H](c2ccc(OC)cc2)[C@@H]4c2cc(OC)cc(OC)c2)cc1. The molecule has 6 atom stereocenters. The van der Waals surface area contributed by atoms with Crippen molar-refractivity contribution in [1.82, 2.24) is 0 Å². The summed E-state index contributed by atoms with van der Waals surface area (Å²) in [4.78, 5) is 0. The molecule has 0 saturated heterocycles. The number of hydrogen-bond acceptors (Lipinski definition) is 9. The average Bonchev–Trinajstić information content (AvgIpc) is 3.52. The molecule has 6 aromatic carbocycles. The Morgan fingerprint density at radius 2 is 0.750 bits per heavy atom. The second-order valence-electron chi connectivity index (χ2n) is 15.5. The third-order valence-corrected chi connectivity index (χ3v) is 13.1. The van der Waals surface area contributed by atoms with E-state index < -0.39 is 0 Å². The average molecular weight is 807 g/mol. The number of fused-ring (bicyclic) bond motifs is 4. The number of hydrogen-bond donors (Lipinski definition) is 0. The molecule has 9 rings (SSSR count). The van der Waals surface area contributed by atoms with Crippen LogP contribution in [0.25, 0.3) is 0 Å². The zero-order valence-electron chi connectivity index (χ0n) is 35.5. The fraction of sp³-hybridized carbons (Fsp3) is 0.294. The van der Waals surface area contributed by atoms with Crippen molar-refractivity contribution in [3.8, 4) is 51.7 Å². The van der Waals surface area contributed by atoms with Crippen LogP contribution in [0, 0.1) is 0 Å². The predicted octanol–water partition coefficient (Wildman–Crippen LogP) is 10.2. The second kappa shape index (κ2) is 15.6. The van der Waals surface area contributed by atoms with Gasteiger partial charge in [-0.3, -0.25) is 0 Å². The molecule has 9 nitrogen and oxygen atoms in total. The van der Waals surface area contributed by atoms with E-state index in [1.807, 2.05) is 24.3 Å². The van der Waals surface area contributed by atoms with Crippen LogP contribution in [0.1, 0.15) is 91.1 Å². The lowest BCUT2D eigenvalue weighted by Gasteiger charge is -2.37. The highest BCUT2D eigenvalue weighted by molar-refractivity contribution is 5.74. The summed E-state index contributed by atoms with van der Waals surface area (Å²) >= 11 is 0. The Hall–Kier alpha value is -6.48. The summed E-state index contributed by atoms with van der Waals surface area (Å²) < 4.78 is 54.9. The first-order chi connectivity index (χ1) is 29.3. The minimum absolute atomic E-state index is 0.140. The Kier molecular flexibility index (Phi) is 10.1. The zero-order chi connectivity index (χ0) is 41.8. The molecule has 0 unspecified atom stereocenters. The summed E-state index contributed by atoms with van der Waals surface area (Å²) in [6, 6.07) is 36.0. The van der Waals surface area contributed by atoms with Crippen molar-refractivity contribution >= 4 is 0 Å². The van der Waals surface area contributed by atoms with Gasteiger partial charge in [-0.05, 0) is 93.5 Å². The maximum Gasteiger partial charge on any atom is 0.126 e. The van der Waals surface area contributed by atoms with Crippen LogP contribution < -0.4 is 42.6 Å². The standard InChI is InChI=1S/C51H50O9/c1-52-30-14-10-27(11-15-30)42-37-23-32(54-3)18-19-36(37)46-45-38(24-35(57-6)25-39(45)58-7)47(42)49-41(60-9)26-40(59-8)48-44(29-20-33(55-4)22-34(21-29)56-5)43(50(46)51(48)49)28-12-16-31(53-2)17-13-28/h10-26,42-44,46-47,50H,1-9H3/t42-,43+,44+,46-,47-,50-/m1/s1. The van der Waals surface area contributed by atoms with E-state index in [1.54, 1.807) is 64.0 Å². The van der Waals surface area contributed by atoms with Crippen LogP contribution >= 0.6 is 0 Å². The number of benzene rings is 6. The maximum atomic E-state index is 6.56. The van der Waals surface area contributed by atoms with E-state index in [0.29, 0.717) is 17.2 Å². The van der Waals surface area contributed by atoms with E-state index in [-0.39, 0.29) is 35.5 Å². The largest absolute Gasteiger partial charge is 0.497 e. The predicted molar refractivity (Wildman–Crippen MR) is 230 cm³/mol. The van der Waals surface area contributed by atoms with Crippen LogP contribution in [0.2, 0.25) is 0 Å². The van der Waals surface area contributed by atoms with Crippen LogP contribution in [0.5, 0.6) is 51.7 Å². The van der Waals surface area contributed by atoms with Gasteiger partial charge in [-0.25, -0.2) is 0 Å². The number of ether oxygens (including phenoxy) is 9. The van der Waals surface area contributed by atoms with Crippen LogP contribution in [-0.2, 0) is 0 Å². The Labute approximate surface area is 351 Å². The molecular formula is C51H50O9. The van der Waals surface area contributed by atoms with Crippen LogP contribution in [0.3, 0.4) is 0 Å². The van der Waals surface area contributed by atoms with Gasteiger partial charge in [-0.2, -0.15) is 0 Å². The van der Waals surface area contributed by atoms with Gasteiger partial charge in [-0.1, -0.05) is 30.3 Å². The van der Waals surface area contributed by atoms with Gasteiger partial charge >= 0.3 is 0 Å². The van der Waals surface area contributed by atoms with Crippen molar-refractivity contribution in [2.24, 2.45) is 0 Å². The summed E-state index contributed by atoms with van der Waals surface area (Å²) in [5.74, 6) is 5.49. The Balaban J connectivity index is 1.50. The smallest absolute Gasteiger partial charge is 0.126 e. The third-order valence-electron chi connectivity index (χ3n) is 13.1. The lowest BCUT2D eigenvalue weighted by atomic mass is 9.66. The van der Waals surface area contributed by atoms with E-state index >= 15 is 0 Å². The third kappa shape index (κ3) is 5.96. The van der Waals surface area contributed by atoms with E-state index in [1.165, 1.54) is 11.1 Å². The molecule has 0 fully saturated rings. The van der Waals surface area contributed by atoms with Gasteiger partial charge in [0, 0.05) is 70.4 Å². The topological polar surface area (TPSA) is 83.1 Å². The summed E-state index contributed by atoms with van der Waals surface area (Å²) in [5, 5.41) is 0. The first kappa shape index (κ1) is 39.0. The molecule has 0 N–H and O–H groups in total. The van der Waals surface area contributed by atoms with Crippen LogP contribution in [0.4, 0.5) is 0 Å². The summed E-state index contributed by atoms with van der Waals surface area (Å²) in [7, 11) is 15.5. The minimum Gasteiger partial charge on any atom is -0.497 e. The van der Waals surface area contributed by atoms with E-state index in [0.717, 1.165) is 79.0 Å². The van der Waals surface area contributed by atoms with Gasteiger partial charge in [0.05, 0.1) is 64.0 Å². The van der Waals surface area contributed by atoms with Gasteiger partial charge in [-0.15, -0.1) is 0 Å². The van der Waals surface area contributed by atoms with Gasteiger partial charge in [0.25, 0.3) is 0 Å². The lowest BCUT2D eigenvalue weighted by molar-refractivity contribution is 0.381. The molecule has 0 aliphatic heterocycles. The number of rotatable bonds is 12. The van der Waals surface area contributed by atoms with Crippen LogP contribution in [0.15, 0.2) is 103 Å². The molecule has 3 aliphatic rings. The maximum absolute atomic E-state index is 6.56. The second-order valence-corrected chi connectivity index (χ2v) is 15.5. The first-order valence-electron chi connectivity index (χ1n) is 20.1. The highest BCUT2D eigenvalue weighted by atomic mass is 16.5. The van der Waals surface area contributed by atoms with Crippen LogP contribution in [-0.4, -0.2) is 64.0 Å². The van der Waals surface area contributed by atoms with Crippen molar-refractivity contribution in [3.05, 3.63) is 159 Å². The summed E-state index contributed by atoms with van der Waals surface area (Å²) in [5.41, 5.74) is 11.3. The first-order valence-corrected chi connectivity index (χ1v) is 20.1. The molecule has 0 saturated carbocycles. The Morgan fingerprint density at radius 1 is 0.267 bits per heavy atom. The van der Waals surface area contributed by atoms with Crippen molar-refractivity contribution in [2.75, 3.05) is 64.0 Å². The number of methoxy groups -OCH3 is 9. The Morgan fingerprint density at radius 3 is 1.30 bits per heavy atom. The minimum atomic E-state index is -0.289. The zero-order valence-corrected chi connectivity index (χ0v) is 35.5. The van der Waals surface area contributed by atoms with E-state index in [9.17, 15) is 0 Å². The molecule has 9 heteroatoms. The quantitative estimate of drug-likeness (QED) is 0.120. The van der Waals surface area contributed by atoms with Gasteiger partial charge in [0.1, 0.15) is 51.7 Å². The van der Waals surface area contributed by atoms with Crippen molar-refractivity contribution in [1.29, 1.82) is 0 Å². The molecular weight excluding hydrogens is 757 g/mol. The lowest BCUT2D eigenvalue weighted by Crippen LogP contribution is -2.23. The highest BCUT2D eigenvalue weighted by Crippen LogP contribution is 2.71. The molecule has 6 aromatic rings. The van der Waals surface area contributed by atoms with E-state index in [4.69, 9.17) is 42.6 Å². The molecule has 0 aromatic heterocycles. The summed E-state index contributed by atoms with van der Waals surface area (Å²) in [6.07, 6.45) is 0. The summed E-state index contributed by atoms with van der Waals surface area (Å²) in [6.45, 7) is 0. The molecule has 2 bridgehead atoms. The monoisotopic (exact) mass is 806 g/mol. The van der Waals surface area contributed by atoms with Crippen molar-refractivity contribution in [3.63, 3.8) is 0 Å². The van der Waals surface area contributed by atoms with Crippen molar-refractivity contribution < 1.29 is 42.6 Å². The molecule has 0 amide bonds. The van der Waals surface area contributed by atoms with Gasteiger partial charge in [0.15, 0.2) is 0 Å². The molecule has 0 spiro atoms. The molecule has 60 heavy (non-hydrogen) atoms. The molecule has 308 valence electrons. The van der Waals surface area contributed by atoms with Gasteiger partial charge < -0.3 is 42.6 Å². The molecule has 0 heterocycles. The normalized spacial score (nSPS) is 20.4. The molecule has 3 aliphatic carbocycles. The Bertz CT molecular complexity index is 2540. The highest BCUT2D eigenvalue weighted by Gasteiger charge is 2.57. The van der Waals surface area contributed by atoms with E-state index in [2.05, 4.69) is 78.9 Å². The fourth-order valence-corrected chi connectivity index (χ4v) is 10.7. The van der Waals surface area contributed by atoms with Gasteiger partial charge in [0.2, 0.25) is 0 Å².